The van der Waals surface area contributed by atoms with Crippen LogP contribution in [0.1, 0.15) is 46.7 Å². The van der Waals surface area contributed by atoms with Crippen molar-refractivity contribution in [2.75, 3.05) is 18.1 Å². The van der Waals surface area contributed by atoms with Gasteiger partial charge in [0.1, 0.15) is 19.0 Å². The number of rotatable bonds is 7. The van der Waals surface area contributed by atoms with E-state index in [9.17, 15) is 18.8 Å². The molecule has 0 atom stereocenters. The summed E-state index contributed by atoms with van der Waals surface area (Å²) in [6.07, 6.45) is 1.99. The number of nitrogens with one attached hydrogen (secondary N) is 1. The monoisotopic (exact) mass is 518 g/mol. The minimum atomic E-state index is -0.660. The van der Waals surface area contributed by atoms with Crippen LogP contribution in [0.25, 0.3) is 5.76 Å². The van der Waals surface area contributed by atoms with E-state index in [4.69, 9.17) is 9.47 Å². The Bertz CT molecular complexity index is 1450. The fourth-order valence-electron chi connectivity index (χ4n) is 4.55. The number of nitrogens with zero attached hydrogens (tertiary/aromatic N) is 3. The Morgan fingerprint density at radius 3 is 2.74 bits per heavy atom. The number of fused-ring (bicyclic) bond motifs is 1. The molecule has 196 valence electrons. The van der Waals surface area contributed by atoms with Crippen LogP contribution in [0.3, 0.4) is 0 Å². The number of carbonyl (C=O) groups excluding carboxylic acids is 2. The maximum absolute atomic E-state index is 14.1. The second kappa shape index (κ2) is 10.9. The zero-order valence-electron chi connectivity index (χ0n) is 20.7. The molecule has 38 heavy (non-hydrogen) atoms. The summed E-state index contributed by atoms with van der Waals surface area (Å²) in [6.45, 7) is 4.82. The molecule has 9 nitrogen and oxygen atoms in total. The molecule has 0 radical (unpaired) electrons. The van der Waals surface area contributed by atoms with Gasteiger partial charge in [-0.05, 0) is 36.1 Å². The number of aromatic nitrogens is 2. The first kappa shape index (κ1) is 25.2. The zero-order chi connectivity index (χ0) is 26.6. The van der Waals surface area contributed by atoms with Crippen LogP contribution >= 0.6 is 0 Å². The number of amides is 2. The van der Waals surface area contributed by atoms with Crippen LogP contribution in [0.5, 0.6) is 5.75 Å². The summed E-state index contributed by atoms with van der Waals surface area (Å²) in [4.78, 5) is 45.2. The van der Waals surface area contributed by atoms with Crippen LogP contribution in [-0.4, -0.2) is 34.5 Å². The highest BCUT2D eigenvalue weighted by molar-refractivity contribution is 5.96. The first-order valence-electron chi connectivity index (χ1n) is 12.4. The molecule has 2 aliphatic heterocycles. The highest BCUT2D eigenvalue weighted by atomic mass is 19.1. The van der Waals surface area contributed by atoms with Crippen molar-refractivity contribution in [3.05, 3.63) is 93.9 Å². The third-order valence-corrected chi connectivity index (χ3v) is 6.51. The fraction of sp³-hybridized carbons (Fsp3) is 0.286. The summed E-state index contributed by atoms with van der Waals surface area (Å²) in [5.41, 5.74) is 1.07. The Morgan fingerprint density at radius 1 is 1.13 bits per heavy atom. The van der Waals surface area contributed by atoms with Crippen molar-refractivity contribution in [1.82, 2.24) is 14.9 Å². The van der Waals surface area contributed by atoms with Gasteiger partial charge in [0.2, 0.25) is 11.7 Å². The number of hydrogen-bond donors (Lipinski definition) is 1. The molecule has 0 spiro atoms. The van der Waals surface area contributed by atoms with E-state index in [1.54, 1.807) is 4.90 Å². The molecule has 2 aromatic carbocycles. The lowest BCUT2D eigenvalue weighted by atomic mass is 10.1. The van der Waals surface area contributed by atoms with Crippen LogP contribution in [0.2, 0.25) is 0 Å². The highest BCUT2D eigenvalue weighted by Crippen LogP contribution is 2.27. The predicted octanol–water partition coefficient (Wildman–Crippen LogP) is 3.41. The molecule has 0 aliphatic carbocycles. The second-order valence-corrected chi connectivity index (χ2v) is 9.07. The Hall–Kier alpha value is -4.47. The van der Waals surface area contributed by atoms with Crippen LogP contribution in [0, 0.1) is 5.82 Å². The summed E-state index contributed by atoms with van der Waals surface area (Å²) in [7, 11) is 0. The Labute approximate surface area is 218 Å². The standard InChI is InChI=1S/C28H27FN4O5/c1-18-26-31-24(25(28(36)33(26)13-14-37-18)38-17-19-7-3-2-4-8-19)27(35)30-16-20-10-11-21(29)15-22(20)32-12-6-5-9-23(32)34/h2-4,7-8,10-11,15H,1,5-6,9,12-14,16-17H2,(H,30,35). The lowest BCUT2D eigenvalue weighted by molar-refractivity contribution is -0.119. The third kappa shape index (κ3) is 5.15. The van der Waals surface area contributed by atoms with E-state index >= 15 is 0 Å². The molecular formula is C28H27FN4O5. The summed E-state index contributed by atoms with van der Waals surface area (Å²) in [6, 6.07) is 13.4. The van der Waals surface area contributed by atoms with Crippen molar-refractivity contribution in [3.8, 4) is 5.75 Å². The number of carbonyl (C=O) groups is 2. The SMILES string of the molecule is C=C1OCCn2c1nc(C(=O)NCc1ccc(F)cc1N1CCCCC1=O)c(OCc1ccccc1)c2=O. The van der Waals surface area contributed by atoms with Gasteiger partial charge in [-0.1, -0.05) is 43.0 Å². The molecule has 0 unspecified atom stereocenters. The molecule has 3 aromatic rings. The summed E-state index contributed by atoms with van der Waals surface area (Å²) in [5, 5.41) is 2.76. The molecule has 1 saturated heterocycles. The first-order chi connectivity index (χ1) is 18.4. The van der Waals surface area contributed by atoms with Gasteiger partial charge in [-0.15, -0.1) is 0 Å². The van der Waals surface area contributed by atoms with Crippen LogP contribution < -0.4 is 20.5 Å². The maximum atomic E-state index is 14.1. The molecular weight excluding hydrogens is 491 g/mol. The summed E-state index contributed by atoms with van der Waals surface area (Å²) in [5.74, 6) is -1.08. The van der Waals surface area contributed by atoms with E-state index < -0.39 is 17.3 Å². The van der Waals surface area contributed by atoms with E-state index in [0.29, 0.717) is 24.2 Å². The molecule has 2 amide bonds. The third-order valence-electron chi connectivity index (χ3n) is 6.51. The van der Waals surface area contributed by atoms with Gasteiger partial charge in [0, 0.05) is 19.5 Å². The van der Waals surface area contributed by atoms with Crippen LogP contribution in [-0.2, 0) is 29.2 Å². The lowest BCUT2D eigenvalue weighted by Crippen LogP contribution is -2.37. The molecule has 0 bridgehead atoms. The second-order valence-electron chi connectivity index (χ2n) is 9.07. The van der Waals surface area contributed by atoms with Crippen molar-refractivity contribution in [3.63, 3.8) is 0 Å². The molecule has 1 fully saturated rings. The van der Waals surface area contributed by atoms with Gasteiger partial charge in [0.25, 0.3) is 11.5 Å². The molecule has 1 aromatic heterocycles. The molecule has 3 heterocycles. The van der Waals surface area contributed by atoms with Gasteiger partial charge in [-0.2, -0.15) is 0 Å². The number of benzene rings is 2. The number of hydrogen-bond acceptors (Lipinski definition) is 6. The van der Waals surface area contributed by atoms with Crippen molar-refractivity contribution >= 4 is 23.3 Å². The van der Waals surface area contributed by atoms with Crippen LogP contribution in [0.4, 0.5) is 10.1 Å². The Kier molecular flexibility index (Phi) is 7.21. The van der Waals surface area contributed by atoms with E-state index in [0.717, 1.165) is 18.4 Å². The smallest absolute Gasteiger partial charge is 0.297 e. The number of anilines is 1. The molecule has 5 rings (SSSR count). The first-order valence-corrected chi connectivity index (χ1v) is 12.4. The van der Waals surface area contributed by atoms with Gasteiger partial charge >= 0.3 is 0 Å². The van der Waals surface area contributed by atoms with Gasteiger partial charge in [-0.25, -0.2) is 9.37 Å². The van der Waals surface area contributed by atoms with Crippen LogP contribution in [0.15, 0.2) is 59.9 Å². The van der Waals surface area contributed by atoms with E-state index in [-0.39, 0.29) is 55.2 Å². The Balaban J connectivity index is 1.44. The quantitative estimate of drug-likeness (QED) is 0.514. The maximum Gasteiger partial charge on any atom is 0.297 e. The molecule has 1 N–H and O–H groups in total. The van der Waals surface area contributed by atoms with Gasteiger partial charge in [-0.3, -0.25) is 19.0 Å². The topological polar surface area (TPSA) is 103 Å². The average Bonchev–Trinajstić information content (AvgIpc) is 2.93. The molecule has 2 aliphatic rings. The normalized spacial score (nSPS) is 15.0. The Morgan fingerprint density at radius 2 is 1.95 bits per heavy atom. The predicted molar refractivity (Wildman–Crippen MR) is 138 cm³/mol. The number of halogens is 1. The van der Waals surface area contributed by atoms with E-state index in [1.807, 2.05) is 30.3 Å². The van der Waals surface area contributed by atoms with Crippen molar-refractivity contribution in [2.45, 2.75) is 39.0 Å². The van der Waals surface area contributed by atoms with Crippen molar-refractivity contribution in [2.24, 2.45) is 0 Å². The highest BCUT2D eigenvalue weighted by Gasteiger charge is 2.28. The van der Waals surface area contributed by atoms with Gasteiger partial charge < -0.3 is 19.7 Å². The number of ether oxygens (including phenoxy) is 2. The van der Waals surface area contributed by atoms with E-state index in [2.05, 4.69) is 16.9 Å². The molecule has 0 saturated carbocycles. The van der Waals surface area contributed by atoms with Crippen molar-refractivity contribution < 1.29 is 23.5 Å². The van der Waals surface area contributed by atoms with Gasteiger partial charge in [0.15, 0.2) is 17.3 Å². The largest absolute Gasteiger partial charge is 0.488 e. The fourth-order valence-corrected chi connectivity index (χ4v) is 4.55. The summed E-state index contributed by atoms with van der Waals surface area (Å²) >= 11 is 0. The summed E-state index contributed by atoms with van der Waals surface area (Å²) < 4.78 is 26.8. The van der Waals surface area contributed by atoms with Crippen molar-refractivity contribution in [1.29, 1.82) is 0 Å². The van der Waals surface area contributed by atoms with Gasteiger partial charge in [0.05, 0.1) is 12.2 Å². The minimum Gasteiger partial charge on any atom is -0.488 e. The van der Waals surface area contributed by atoms with E-state index in [1.165, 1.54) is 22.8 Å². The average molecular weight is 519 g/mol. The zero-order valence-corrected chi connectivity index (χ0v) is 20.7. The number of piperidine rings is 1. The lowest BCUT2D eigenvalue weighted by Gasteiger charge is -2.29. The minimum absolute atomic E-state index is 0.0199. The molecule has 10 heteroatoms.